The molecule has 0 spiro atoms. The fourth-order valence-electron chi connectivity index (χ4n) is 3.61. The van der Waals surface area contributed by atoms with Gasteiger partial charge in [-0.15, -0.1) is 0 Å². The predicted octanol–water partition coefficient (Wildman–Crippen LogP) is 4.73. The zero-order valence-electron chi connectivity index (χ0n) is 16.2. The van der Waals surface area contributed by atoms with Crippen molar-refractivity contribution in [2.75, 3.05) is 18.0 Å². The second-order valence-corrected chi connectivity index (χ2v) is 8.12. The van der Waals surface area contributed by atoms with Crippen LogP contribution in [0.25, 0.3) is 10.9 Å². The van der Waals surface area contributed by atoms with Gasteiger partial charge in [-0.3, -0.25) is 4.79 Å². The average molecular weight is 457 g/mol. The largest absolute Gasteiger partial charge is 0.371 e. The highest BCUT2D eigenvalue weighted by atomic mass is 79.9. The highest BCUT2D eigenvalue weighted by molar-refractivity contribution is 9.10. The molecule has 0 radical (unpaired) electrons. The lowest BCUT2D eigenvalue weighted by molar-refractivity contribution is 0.624. The molecular formula is C22H22BrFN4O. The fraction of sp³-hybridized carbons (Fsp3) is 0.318. The molecule has 1 aromatic heterocycles. The van der Waals surface area contributed by atoms with Crippen LogP contribution in [0.5, 0.6) is 0 Å². The summed E-state index contributed by atoms with van der Waals surface area (Å²) in [5, 5.41) is 4.78. The first kappa shape index (κ1) is 19.8. The summed E-state index contributed by atoms with van der Waals surface area (Å²) >= 11 is 3.39. The zero-order valence-corrected chi connectivity index (χ0v) is 17.8. The first-order valence-corrected chi connectivity index (χ1v) is 10.7. The van der Waals surface area contributed by atoms with Gasteiger partial charge in [0.2, 0.25) is 0 Å². The van der Waals surface area contributed by atoms with Crippen molar-refractivity contribution in [3.8, 4) is 0 Å². The van der Waals surface area contributed by atoms with Crippen molar-refractivity contribution in [2.24, 2.45) is 5.10 Å². The normalized spacial score (nSPS) is 14.4. The molecule has 2 heterocycles. The summed E-state index contributed by atoms with van der Waals surface area (Å²) in [7, 11) is 0. The first-order chi connectivity index (χ1) is 14.1. The number of aromatic nitrogens is 2. The minimum Gasteiger partial charge on any atom is -0.371 e. The summed E-state index contributed by atoms with van der Waals surface area (Å²) in [6.45, 7) is 3.94. The highest BCUT2D eigenvalue weighted by Gasteiger charge is 2.14. The van der Waals surface area contributed by atoms with Crippen LogP contribution in [-0.2, 0) is 6.42 Å². The number of hydrogen-bond acceptors (Lipinski definition) is 4. The molecule has 150 valence electrons. The molecule has 0 N–H and O–H groups in total. The van der Waals surface area contributed by atoms with Gasteiger partial charge in [-0.25, -0.2) is 9.37 Å². The van der Waals surface area contributed by atoms with Crippen LogP contribution in [0.1, 0.15) is 37.6 Å². The molecule has 5 nitrogen and oxygen atoms in total. The molecule has 1 aliphatic heterocycles. The Balaban J connectivity index is 1.72. The smallest absolute Gasteiger partial charge is 0.282 e. The van der Waals surface area contributed by atoms with Crippen LogP contribution in [-0.4, -0.2) is 29.0 Å². The van der Waals surface area contributed by atoms with Crippen molar-refractivity contribution in [1.29, 1.82) is 0 Å². The van der Waals surface area contributed by atoms with E-state index in [1.807, 2.05) is 25.1 Å². The number of aryl methyl sites for hydroxylation is 1. The van der Waals surface area contributed by atoms with E-state index in [0.29, 0.717) is 28.7 Å². The lowest BCUT2D eigenvalue weighted by atomic mass is 10.2. The van der Waals surface area contributed by atoms with Crippen molar-refractivity contribution in [2.45, 2.75) is 32.6 Å². The Hall–Kier alpha value is -2.54. The number of anilines is 1. The topological polar surface area (TPSA) is 50.5 Å². The van der Waals surface area contributed by atoms with Crippen molar-refractivity contribution < 1.29 is 4.39 Å². The molecule has 0 amide bonds. The van der Waals surface area contributed by atoms with Crippen LogP contribution in [0.4, 0.5) is 10.1 Å². The van der Waals surface area contributed by atoms with E-state index in [0.717, 1.165) is 42.5 Å². The number of halogens is 2. The number of nitrogens with zero attached hydrogens (tertiary/aromatic N) is 4. The molecule has 3 aromatic rings. The molecule has 7 heteroatoms. The van der Waals surface area contributed by atoms with E-state index in [9.17, 15) is 9.18 Å². The summed E-state index contributed by atoms with van der Waals surface area (Å²) in [4.78, 5) is 19.8. The number of hydrogen-bond donors (Lipinski definition) is 0. The standard InChI is InChI=1S/C22H22BrFN4O/c1-2-5-21-26-20-9-7-16(23)12-18(20)22(29)28(21)25-14-15-6-8-17(13-19(15)24)27-10-3-4-11-27/h6-9,12-14H,2-5,10-11H2,1H3. The van der Waals surface area contributed by atoms with Crippen LogP contribution in [0.2, 0.25) is 0 Å². The molecule has 1 saturated heterocycles. The second kappa shape index (κ2) is 8.45. The van der Waals surface area contributed by atoms with Gasteiger partial charge in [0.05, 0.1) is 17.1 Å². The maximum atomic E-state index is 14.6. The zero-order chi connectivity index (χ0) is 20.4. The lowest BCUT2D eigenvalue weighted by Gasteiger charge is -2.17. The summed E-state index contributed by atoms with van der Waals surface area (Å²) in [5.41, 5.74) is 1.61. The molecule has 0 saturated carbocycles. The van der Waals surface area contributed by atoms with Gasteiger partial charge in [0.25, 0.3) is 5.56 Å². The molecular weight excluding hydrogens is 435 g/mol. The lowest BCUT2D eigenvalue weighted by Crippen LogP contribution is -2.22. The van der Waals surface area contributed by atoms with Gasteiger partial charge < -0.3 is 4.90 Å². The monoisotopic (exact) mass is 456 g/mol. The van der Waals surface area contributed by atoms with Crippen LogP contribution in [0, 0.1) is 5.82 Å². The van der Waals surface area contributed by atoms with Gasteiger partial charge in [0.1, 0.15) is 11.6 Å². The quantitative estimate of drug-likeness (QED) is 0.521. The Morgan fingerprint density at radius 3 is 2.72 bits per heavy atom. The SMILES string of the molecule is CCCc1nc2ccc(Br)cc2c(=O)n1N=Cc1ccc(N2CCCC2)cc1F. The minimum atomic E-state index is -0.347. The van der Waals surface area contributed by atoms with Gasteiger partial charge in [0.15, 0.2) is 0 Å². The first-order valence-electron chi connectivity index (χ1n) is 9.87. The van der Waals surface area contributed by atoms with E-state index < -0.39 is 0 Å². The van der Waals surface area contributed by atoms with Gasteiger partial charge in [-0.2, -0.15) is 9.78 Å². The fourth-order valence-corrected chi connectivity index (χ4v) is 3.97. The molecule has 1 aliphatic rings. The summed E-state index contributed by atoms with van der Waals surface area (Å²) in [6, 6.07) is 10.6. The van der Waals surface area contributed by atoms with E-state index in [1.165, 1.54) is 17.0 Å². The van der Waals surface area contributed by atoms with Crippen LogP contribution < -0.4 is 10.5 Å². The molecule has 2 aromatic carbocycles. The Kier molecular flexibility index (Phi) is 5.76. The molecule has 1 fully saturated rings. The maximum absolute atomic E-state index is 14.6. The second-order valence-electron chi connectivity index (χ2n) is 7.20. The van der Waals surface area contributed by atoms with Crippen LogP contribution in [0.15, 0.2) is 50.8 Å². The molecule has 4 rings (SSSR count). The summed E-state index contributed by atoms with van der Waals surface area (Å²) < 4.78 is 16.7. The van der Waals surface area contributed by atoms with Gasteiger partial charge in [-0.05, 0) is 55.7 Å². The molecule has 0 bridgehead atoms. The van der Waals surface area contributed by atoms with Gasteiger partial charge >= 0.3 is 0 Å². The van der Waals surface area contributed by atoms with Crippen molar-refractivity contribution in [1.82, 2.24) is 9.66 Å². The Bertz CT molecular complexity index is 1140. The molecule has 0 unspecified atom stereocenters. The third-order valence-corrected chi connectivity index (χ3v) is 5.61. The van der Waals surface area contributed by atoms with Crippen LogP contribution in [0.3, 0.4) is 0 Å². The summed E-state index contributed by atoms with van der Waals surface area (Å²) in [6.07, 6.45) is 5.10. The third kappa shape index (κ3) is 4.10. The van der Waals surface area contributed by atoms with E-state index in [1.54, 1.807) is 12.1 Å². The van der Waals surface area contributed by atoms with E-state index in [4.69, 9.17) is 0 Å². The summed E-state index contributed by atoms with van der Waals surface area (Å²) in [5.74, 6) is 0.220. The van der Waals surface area contributed by atoms with E-state index in [-0.39, 0.29) is 11.4 Å². The Morgan fingerprint density at radius 2 is 2.00 bits per heavy atom. The number of fused-ring (bicyclic) bond motifs is 1. The number of rotatable bonds is 5. The van der Waals surface area contributed by atoms with Crippen molar-refractivity contribution in [3.63, 3.8) is 0 Å². The van der Waals surface area contributed by atoms with E-state index in [2.05, 4.69) is 30.9 Å². The van der Waals surface area contributed by atoms with Crippen LogP contribution >= 0.6 is 15.9 Å². The molecule has 0 aliphatic carbocycles. The third-order valence-electron chi connectivity index (χ3n) is 5.12. The highest BCUT2D eigenvalue weighted by Crippen LogP contribution is 2.22. The molecule has 0 atom stereocenters. The Morgan fingerprint density at radius 1 is 1.21 bits per heavy atom. The maximum Gasteiger partial charge on any atom is 0.282 e. The van der Waals surface area contributed by atoms with Crippen molar-refractivity contribution >= 4 is 38.7 Å². The Labute approximate surface area is 177 Å². The van der Waals surface area contributed by atoms with E-state index >= 15 is 0 Å². The molecule has 29 heavy (non-hydrogen) atoms. The van der Waals surface area contributed by atoms with Crippen molar-refractivity contribution in [3.05, 3.63) is 68.4 Å². The average Bonchev–Trinajstić information content (AvgIpc) is 3.24. The minimum absolute atomic E-state index is 0.259. The van der Waals surface area contributed by atoms with Gasteiger partial charge in [0, 0.05) is 35.2 Å². The van der Waals surface area contributed by atoms with Gasteiger partial charge in [-0.1, -0.05) is 22.9 Å². The number of benzene rings is 2. The predicted molar refractivity (Wildman–Crippen MR) is 119 cm³/mol.